The van der Waals surface area contributed by atoms with Gasteiger partial charge in [0.25, 0.3) is 0 Å². The zero-order valence-corrected chi connectivity index (χ0v) is 10.3. The van der Waals surface area contributed by atoms with Crippen LogP contribution < -0.4 is 0 Å². The third kappa shape index (κ3) is 2.74. The Hall–Kier alpha value is -1.62. The second-order valence-electron chi connectivity index (χ2n) is 3.06. The molecule has 2 N–H and O–H groups in total. The lowest BCUT2D eigenvalue weighted by Crippen LogP contribution is -1.77. The summed E-state index contributed by atoms with van der Waals surface area (Å²) in [5.74, 6) is 0.840. The summed E-state index contributed by atoms with van der Waals surface area (Å²) in [6.07, 6.45) is 0. The Morgan fingerprint density at radius 3 is 2.76 bits per heavy atom. The molecular weight excluding hydrogens is 257 g/mol. The highest BCUT2D eigenvalue weighted by atomic mass is 32.1. The van der Waals surface area contributed by atoms with E-state index < -0.39 is 8.69 Å². The molecule has 5 nitrogen and oxygen atoms in total. The number of imidazole rings is 1. The van der Waals surface area contributed by atoms with Crippen molar-refractivity contribution in [2.24, 2.45) is 0 Å². The first-order valence-electron chi connectivity index (χ1n) is 4.65. The minimum absolute atomic E-state index is 0.833. The molecule has 0 aliphatic rings. The number of rotatable bonds is 1. The van der Waals surface area contributed by atoms with Gasteiger partial charge in [0.1, 0.15) is 5.69 Å². The Balaban J connectivity index is 0.000000329. The van der Waals surface area contributed by atoms with Gasteiger partial charge in [0.05, 0.1) is 16.5 Å². The lowest BCUT2D eigenvalue weighted by molar-refractivity contribution is 0.524. The van der Waals surface area contributed by atoms with Crippen LogP contribution in [0.15, 0.2) is 35.2 Å². The highest BCUT2D eigenvalue weighted by Gasteiger charge is 2.05. The van der Waals surface area contributed by atoms with Crippen LogP contribution in [-0.4, -0.2) is 19.8 Å². The lowest BCUT2D eigenvalue weighted by Gasteiger charge is -1.84. The number of H-pyrrole nitrogens is 1. The van der Waals surface area contributed by atoms with Crippen molar-refractivity contribution in [3.63, 3.8) is 0 Å². The molecule has 0 saturated carbocycles. The number of nitrogens with zero attached hydrogens (tertiary/aromatic N) is 2. The molecule has 2 aromatic heterocycles. The van der Waals surface area contributed by atoms with Crippen LogP contribution in [-0.2, 0) is 4.57 Å². The molecule has 0 atom stereocenters. The van der Waals surface area contributed by atoms with Crippen molar-refractivity contribution in [2.75, 3.05) is 0 Å². The quantitative estimate of drug-likeness (QED) is 0.663. The van der Waals surface area contributed by atoms with E-state index in [1.165, 1.54) is 0 Å². The van der Waals surface area contributed by atoms with Crippen LogP contribution in [0.2, 0.25) is 0 Å². The van der Waals surface area contributed by atoms with E-state index >= 15 is 0 Å². The fraction of sp³-hybridized carbons (Fsp3) is 0. The first-order chi connectivity index (χ1) is 8.35. The smallest absolute Gasteiger partial charge is 0.324 e. The van der Waals surface area contributed by atoms with Crippen molar-refractivity contribution < 1.29 is 9.46 Å². The molecule has 3 aromatic rings. The fourth-order valence-corrected chi connectivity index (χ4v) is 1.94. The maximum absolute atomic E-state index is 8.46. The number of aromatic nitrogens is 3. The predicted molar refractivity (Wildman–Crippen MR) is 67.0 cm³/mol. The van der Waals surface area contributed by atoms with E-state index in [-0.39, 0.29) is 0 Å². The average molecular weight is 265 g/mol. The van der Waals surface area contributed by atoms with E-state index in [9.17, 15) is 0 Å². The van der Waals surface area contributed by atoms with Crippen molar-refractivity contribution in [1.29, 1.82) is 0 Å². The molecule has 7 heteroatoms. The molecule has 0 amide bonds. The first-order valence-corrected chi connectivity index (χ1v) is 6.36. The highest BCUT2D eigenvalue weighted by Crippen LogP contribution is 2.19. The van der Waals surface area contributed by atoms with Crippen LogP contribution >= 0.6 is 20.0 Å². The second kappa shape index (κ2) is 5.63. The number of fused-ring (bicyclic) bond motifs is 1. The van der Waals surface area contributed by atoms with Crippen LogP contribution in [0.4, 0.5) is 0 Å². The maximum atomic E-state index is 8.46. The number of benzene rings is 1. The predicted octanol–water partition coefficient (Wildman–Crippen LogP) is 2.87. The Kier molecular flexibility index (Phi) is 3.93. The summed E-state index contributed by atoms with van der Waals surface area (Å²) in [6, 6.07) is 7.97. The molecular formula is C10H8N3O2PS. The van der Waals surface area contributed by atoms with Crippen LogP contribution in [0.5, 0.6) is 0 Å². The molecule has 0 aliphatic heterocycles. The van der Waals surface area contributed by atoms with Gasteiger partial charge in [-0.05, 0) is 12.1 Å². The normalized spacial score (nSPS) is 10.2. The molecule has 1 aromatic carbocycles. The highest BCUT2D eigenvalue weighted by molar-refractivity contribution is 7.16. The topological polar surface area (TPSA) is 78.9 Å². The molecule has 0 aliphatic carbocycles. The largest absolute Gasteiger partial charge is 0.337 e. The molecule has 2 heterocycles. The summed E-state index contributed by atoms with van der Waals surface area (Å²) < 4.78 is 8.46. The molecule has 0 radical (unpaired) electrons. The number of hydrogen-bond acceptors (Lipinski definition) is 4. The summed E-state index contributed by atoms with van der Waals surface area (Å²) in [5.41, 5.74) is 4.75. The SMILES string of the molecule is O=PO.c1ccc2[nH]c(-c3cscn3)nc2c1. The number of thiazole rings is 1. The number of nitrogens with one attached hydrogen (secondary N) is 1. The van der Waals surface area contributed by atoms with Gasteiger partial charge in [-0.1, -0.05) is 12.1 Å². The Morgan fingerprint density at radius 1 is 1.35 bits per heavy atom. The van der Waals surface area contributed by atoms with Gasteiger partial charge in [0.15, 0.2) is 5.82 Å². The molecule has 0 bridgehead atoms. The third-order valence-electron chi connectivity index (χ3n) is 2.06. The lowest BCUT2D eigenvalue weighted by atomic mass is 10.3. The average Bonchev–Trinajstić information content (AvgIpc) is 2.99. The van der Waals surface area contributed by atoms with Gasteiger partial charge in [-0.2, -0.15) is 0 Å². The number of hydrogen-bond donors (Lipinski definition) is 2. The van der Waals surface area contributed by atoms with E-state index in [1.807, 2.05) is 35.2 Å². The Labute approximate surface area is 102 Å². The van der Waals surface area contributed by atoms with Crippen LogP contribution in [0.3, 0.4) is 0 Å². The van der Waals surface area contributed by atoms with E-state index in [1.54, 1.807) is 11.3 Å². The van der Waals surface area contributed by atoms with E-state index in [0.29, 0.717) is 0 Å². The molecule has 86 valence electrons. The van der Waals surface area contributed by atoms with Gasteiger partial charge in [-0.15, -0.1) is 11.3 Å². The van der Waals surface area contributed by atoms with Gasteiger partial charge in [-0.3, -0.25) is 0 Å². The molecule has 0 saturated heterocycles. The minimum atomic E-state index is -0.833. The van der Waals surface area contributed by atoms with E-state index in [2.05, 4.69) is 15.0 Å². The second-order valence-corrected chi connectivity index (χ2v) is 3.94. The Morgan fingerprint density at radius 2 is 2.12 bits per heavy atom. The monoisotopic (exact) mass is 265 g/mol. The Bertz CT molecular complexity index is 576. The maximum Gasteiger partial charge on any atom is 0.324 e. The van der Waals surface area contributed by atoms with Gasteiger partial charge in [0, 0.05) is 5.38 Å². The first kappa shape index (κ1) is 11.9. The minimum Gasteiger partial charge on any atom is -0.337 e. The van der Waals surface area contributed by atoms with Crippen molar-refractivity contribution in [3.8, 4) is 11.5 Å². The van der Waals surface area contributed by atoms with Crippen molar-refractivity contribution in [2.45, 2.75) is 0 Å². The van der Waals surface area contributed by atoms with Gasteiger partial charge in [0.2, 0.25) is 0 Å². The summed E-state index contributed by atoms with van der Waals surface area (Å²) in [6.45, 7) is 0. The molecule has 17 heavy (non-hydrogen) atoms. The van der Waals surface area contributed by atoms with Crippen LogP contribution in [0.1, 0.15) is 0 Å². The van der Waals surface area contributed by atoms with Gasteiger partial charge in [-0.25, -0.2) is 14.5 Å². The molecule has 3 rings (SSSR count). The molecule has 0 spiro atoms. The summed E-state index contributed by atoms with van der Waals surface area (Å²) in [7, 11) is -0.833. The molecule has 0 unspecified atom stereocenters. The van der Waals surface area contributed by atoms with Crippen molar-refractivity contribution in [1.82, 2.24) is 15.0 Å². The zero-order valence-electron chi connectivity index (χ0n) is 8.57. The van der Waals surface area contributed by atoms with Crippen molar-refractivity contribution in [3.05, 3.63) is 35.2 Å². The van der Waals surface area contributed by atoms with Crippen molar-refractivity contribution >= 4 is 31.1 Å². The zero-order chi connectivity index (χ0) is 12.1. The summed E-state index contributed by atoms with van der Waals surface area (Å²) >= 11 is 1.57. The molecule has 0 fully saturated rings. The van der Waals surface area contributed by atoms with Crippen LogP contribution in [0.25, 0.3) is 22.6 Å². The summed E-state index contributed by atoms with van der Waals surface area (Å²) in [4.78, 5) is 18.9. The van der Waals surface area contributed by atoms with Gasteiger partial charge < -0.3 is 9.88 Å². The standard InChI is InChI=1S/C10H7N3S.HO2P/c1-2-4-8-7(3-1)12-10(13-8)9-5-14-6-11-9;1-3-2/h1-6H,(H,12,13);(H,1,2). The van der Waals surface area contributed by atoms with E-state index in [4.69, 9.17) is 9.46 Å². The van der Waals surface area contributed by atoms with E-state index in [0.717, 1.165) is 22.6 Å². The van der Waals surface area contributed by atoms with Gasteiger partial charge >= 0.3 is 8.69 Å². The summed E-state index contributed by atoms with van der Waals surface area (Å²) in [5, 5.41) is 1.98. The van der Waals surface area contributed by atoms with Crippen LogP contribution in [0, 0.1) is 0 Å². The number of aromatic amines is 1. The number of para-hydroxylation sites is 2. The third-order valence-corrected chi connectivity index (χ3v) is 2.65. The fourth-order valence-electron chi connectivity index (χ4n) is 1.40.